The topological polar surface area (TPSA) is 38.1 Å². The Bertz CT molecular complexity index is 464. The van der Waals surface area contributed by atoms with Crippen molar-refractivity contribution in [3.05, 3.63) is 53.7 Å². The first-order valence-corrected chi connectivity index (χ1v) is 6.48. The zero-order chi connectivity index (χ0) is 12.8. The number of rotatable bonds is 6. The van der Waals surface area contributed by atoms with E-state index in [9.17, 15) is 0 Å². The standard InChI is InChI=1S/C15H20N2O/c1-3-8-17-14(15-12(2)7-10-18-15)11-13-6-4-5-9-16-13/h4-7,9-10,14,17H,3,8,11H2,1-2H3. The summed E-state index contributed by atoms with van der Waals surface area (Å²) < 4.78 is 5.61. The first-order chi connectivity index (χ1) is 8.81. The maximum atomic E-state index is 5.61. The van der Waals surface area contributed by atoms with Crippen LogP contribution in [0.15, 0.2) is 41.1 Å². The van der Waals surface area contributed by atoms with Gasteiger partial charge in [0.05, 0.1) is 12.3 Å². The van der Waals surface area contributed by atoms with Crippen molar-refractivity contribution in [3.8, 4) is 0 Å². The zero-order valence-corrected chi connectivity index (χ0v) is 11.0. The van der Waals surface area contributed by atoms with E-state index in [1.54, 1.807) is 6.26 Å². The molecule has 0 aliphatic rings. The molecule has 2 aromatic rings. The molecule has 2 rings (SSSR count). The van der Waals surface area contributed by atoms with Gasteiger partial charge in [0, 0.05) is 18.3 Å². The van der Waals surface area contributed by atoms with E-state index in [0.717, 1.165) is 30.8 Å². The van der Waals surface area contributed by atoms with Crippen LogP contribution >= 0.6 is 0 Å². The van der Waals surface area contributed by atoms with Gasteiger partial charge in [-0.05, 0) is 43.7 Å². The molecule has 0 aromatic carbocycles. The Hall–Kier alpha value is -1.61. The SMILES string of the molecule is CCCNC(Cc1ccccn1)c1occc1C. The van der Waals surface area contributed by atoms with Crippen molar-refractivity contribution >= 4 is 0 Å². The lowest BCUT2D eigenvalue weighted by molar-refractivity contribution is 0.406. The van der Waals surface area contributed by atoms with E-state index in [2.05, 4.69) is 30.2 Å². The maximum Gasteiger partial charge on any atom is 0.123 e. The average Bonchev–Trinajstić information content (AvgIpc) is 2.82. The molecule has 0 fully saturated rings. The summed E-state index contributed by atoms with van der Waals surface area (Å²) in [7, 11) is 0. The second-order valence-electron chi connectivity index (χ2n) is 4.50. The minimum absolute atomic E-state index is 0.204. The highest BCUT2D eigenvalue weighted by atomic mass is 16.3. The molecule has 2 aromatic heterocycles. The molecule has 0 aliphatic carbocycles. The number of furan rings is 1. The Labute approximate surface area is 108 Å². The molecular weight excluding hydrogens is 224 g/mol. The number of aryl methyl sites for hydroxylation is 1. The molecule has 0 amide bonds. The lowest BCUT2D eigenvalue weighted by Gasteiger charge is -2.16. The number of aromatic nitrogens is 1. The first-order valence-electron chi connectivity index (χ1n) is 6.48. The molecule has 2 heterocycles. The summed E-state index contributed by atoms with van der Waals surface area (Å²) in [5.41, 5.74) is 2.28. The van der Waals surface area contributed by atoms with Crippen molar-refractivity contribution in [2.45, 2.75) is 32.7 Å². The van der Waals surface area contributed by atoms with Crippen molar-refractivity contribution in [2.75, 3.05) is 6.54 Å². The van der Waals surface area contributed by atoms with Gasteiger partial charge < -0.3 is 9.73 Å². The lowest BCUT2D eigenvalue weighted by atomic mass is 10.1. The van der Waals surface area contributed by atoms with Crippen LogP contribution in [0.25, 0.3) is 0 Å². The summed E-state index contributed by atoms with van der Waals surface area (Å²) in [5, 5.41) is 3.53. The van der Waals surface area contributed by atoms with E-state index in [-0.39, 0.29) is 6.04 Å². The van der Waals surface area contributed by atoms with Crippen LogP contribution in [0.4, 0.5) is 0 Å². The maximum absolute atomic E-state index is 5.61. The summed E-state index contributed by atoms with van der Waals surface area (Å²) >= 11 is 0. The van der Waals surface area contributed by atoms with E-state index in [1.165, 1.54) is 5.56 Å². The van der Waals surface area contributed by atoms with Crippen LogP contribution in [0.1, 0.15) is 36.4 Å². The summed E-state index contributed by atoms with van der Waals surface area (Å²) in [6.07, 6.45) is 5.55. The minimum atomic E-state index is 0.204. The predicted octanol–water partition coefficient (Wildman–Crippen LogP) is 3.27. The molecule has 0 spiro atoms. The van der Waals surface area contributed by atoms with Crippen LogP contribution in [0, 0.1) is 6.92 Å². The smallest absolute Gasteiger partial charge is 0.123 e. The van der Waals surface area contributed by atoms with E-state index in [1.807, 2.05) is 24.4 Å². The molecule has 18 heavy (non-hydrogen) atoms. The number of nitrogens with zero attached hydrogens (tertiary/aromatic N) is 1. The van der Waals surface area contributed by atoms with Gasteiger partial charge in [0.1, 0.15) is 5.76 Å². The van der Waals surface area contributed by atoms with Crippen molar-refractivity contribution in [2.24, 2.45) is 0 Å². The first kappa shape index (κ1) is 12.8. The molecule has 96 valence electrons. The summed E-state index contributed by atoms with van der Waals surface area (Å²) in [4.78, 5) is 4.38. The van der Waals surface area contributed by atoms with Gasteiger partial charge in [-0.2, -0.15) is 0 Å². The van der Waals surface area contributed by atoms with Gasteiger partial charge >= 0.3 is 0 Å². The molecule has 1 N–H and O–H groups in total. The van der Waals surface area contributed by atoms with E-state index < -0.39 is 0 Å². The van der Waals surface area contributed by atoms with Gasteiger partial charge in [0.2, 0.25) is 0 Å². The van der Waals surface area contributed by atoms with E-state index in [4.69, 9.17) is 4.42 Å². The fraction of sp³-hybridized carbons (Fsp3) is 0.400. The molecular formula is C15H20N2O. The summed E-state index contributed by atoms with van der Waals surface area (Å²) in [6, 6.07) is 8.23. The average molecular weight is 244 g/mol. The van der Waals surface area contributed by atoms with Crippen molar-refractivity contribution in [1.82, 2.24) is 10.3 Å². The Morgan fingerprint density at radius 3 is 2.83 bits per heavy atom. The second-order valence-corrected chi connectivity index (χ2v) is 4.50. The highest BCUT2D eigenvalue weighted by Crippen LogP contribution is 2.22. The fourth-order valence-electron chi connectivity index (χ4n) is 2.05. The van der Waals surface area contributed by atoms with Gasteiger partial charge in [-0.3, -0.25) is 4.98 Å². The Morgan fingerprint density at radius 2 is 2.22 bits per heavy atom. The molecule has 1 atom stereocenters. The number of hydrogen-bond acceptors (Lipinski definition) is 3. The Balaban J connectivity index is 2.13. The number of hydrogen-bond donors (Lipinski definition) is 1. The van der Waals surface area contributed by atoms with Gasteiger partial charge in [0.15, 0.2) is 0 Å². The lowest BCUT2D eigenvalue weighted by Crippen LogP contribution is -2.24. The zero-order valence-electron chi connectivity index (χ0n) is 11.0. The van der Waals surface area contributed by atoms with Gasteiger partial charge in [-0.1, -0.05) is 13.0 Å². The van der Waals surface area contributed by atoms with Crippen LogP contribution in [-0.4, -0.2) is 11.5 Å². The summed E-state index contributed by atoms with van der Waals surface area (Å²) in [5.74, 6) is 1.02. The normalized spacial score (nSPS) is 12.6. The molecule has 3 heteroatoms. The van der Waals surface area contributed by atoms with Crippen molar-refractivity contribution < 1.29 is 4.42 Å². The van der Waals surface area contributed by atoms with Gasteiger partial charge in [-0.25, -0.2) is 0 Å². The second kappa shape index (κ2) is 6.36. The van der Waals surface area contributed by atoms with Crippen LogP contribution in [0.5, 0.6) is 0 Å². The molecule has 0 bridgehead atoms. The van der Waals surface area contributed by atoms with Crippen molar-refractivity contribution in [1.29, 1.82) is 0 Å². The van der Waals surface area contributed by atoms with E-state index in [0.29, 0.717) is 0 Å². The van der Waals surface area contributed by atoms with Crippen LogP contribution < -0.4 is 5.32 Å². The third-order valence-electron chi connectivity index (χ3n) is 3.00. The number of nitrogens with one attached hydrogen (secondary N) is 1. The molecule has 3 nitrogen and oxygen atoms in total. The molecule has 0 saturated carbocycles. The number of pyridine rings is 1. The molecule has 0 radical (unpaired) electrons. The Kier molecular flexibility index (Phi) is 4.53. The van der Waals surface area contributed by atoms with Gasteiger partial charge in [-0.15, -0.1) is 0 Å². The van der Waals surface area contributed by atoms with Crippen LogP contribution in [-0.2, 0) is 6.42 Å². The van der Waals surface area contributed by atoms with Gasteiger partial charge in [0.25, 0.3) is 0 Å². The molecule has 0 aliphatic heterocycles. The highest BCUT2D eigenvalue weighted by Gasteiger charge is 2.17. The third-order valence-corrected chi connectivity index (χ3v) is 3.00. The monoisotopic (exact) mass is 244 g/mol. The quantitative estimate of drug-likeness (QED) is 0.847. The molecule has 1 unspecified atom stereocenters. The Morgan fingerprint density at radius 1 is 1.33 bits per heavy atom. The van der Waals surface area contributed by atoms with Crippen LogP contribution in [0.2, 0.25) is 0 Å². The minimum Gasteiger partial charge on any atom is -0.467 e. The highest BCUT2D eigenvalue weighted by molar-refractivity contribution is 5.20. The largest absolute Gasteiger partial charge is 0.467 e. The van der Waals surface area contributed by atoms with E-state index >= 15 is 0 Å². The fourth-order valence-corrected chi connectivity index (χ4v) is 2.05. The van der Waals surface area contributed by atoms with Crippen LogP contribution in [0.3, 0.4) is 0 Å². The van der Waals surface area contributed by atoms with Crippen molar-refractivity contribution in [3.63, 3.8) is 0 Å². The predicted molar refractivity (Wildman–Crippen MR) is 72.4 cm³/mol. The molecule has 0 saturated heterocycles. The summed E-state index contributed by atoms with van der Waals surface area (Å²) in [6.45, 7) is 5.23. The third kappa shape index (κ3) is 3.20.